The molecule has 2 aromatic rings. The molecule has 3 rings (SSSR count). The molecule has 1 saturated heterocycles. The maximum atomic E-state index is 12.5. The number of carbonyl (C=O) groups is 2. The van der Waals surface area contributed by atoms with Gasteiger partial charge in [0.1, 0.15) is 0 Å². The van der Waals surface area contributed by atoms with Crippen LogP contribution in [0.4, 0.5) is 11.4 Å². The van der Waals surface area contributed by atoms with Crippen LogP contribution in [0.3, 0.4) is 0 Å². The van der Waals surface area contributed by atoms with Crippen LogP contribution in [0, 0.1) is 19.8 Å². The second-order valence-electron chi connectivity index (χ2n) is 8.92. The Hall–Kier alpha value is -2.64. The van der Waals surface area contributed by atoms with Crippen molar-refractivity contribution < 1.29 is 9.59 Å². The van der Waals surface area contributed by atoms with Gasteiger partial charge in [-0.2, -0.15) is 0 Å². The Morgan fingerprint density at radius 1 is 1.03 bits per heavy atom. The van der Waals surface area contributed by atoms with Crippen LogP contribution in [0.15, 0.2) is 36.4 Å². The lowest BCUT2D eigenvalue weighted by Crippen LogP contribution is -2.49. The number of benzene rings is 2. The van der Waals surface area contributed by atoms with Gasteiger partial charge >= 0.3 is 0 Å². The Labute approximate surface area is 206 Å². The summed E-state index contributed by atoms with van der Waals surface area (Å²) < 4.78 is 0. The van der Waals surface area contributed by atoms with Gasteiger partial charge in [-0.25, -0.2) is 0 Å². The third-order valence-corrected chi connectivity index (χ3v) is 5.98. The fourth-order valence-corrected chi connectivity index (χ4v) is 4.47. The van der Waals surface area contributed by atoms with E-state index in [0.717, 1.165) is 29.9 Å². The molecular formula is C25H31ClN4O2S. The van der Waals surface area contributed by atoms with E-state index in [2.05, 4.69) is 29.4 Å². The molecule has 0 saturated carbocycles. The van der Waals surface area contributed by atoms with Crippen molar-refractivity contribution in [2.75, 3.05) is 36.4 Å². The smallest absolute Gasteiger partial charge is 0.257 e. The van der Waals surface area contributed by atoms with Crippen LogP contribution >= 0.6 is 23.8 Å². The van der Waals surface area contributed by atoms with Gasteiger partial charge in [-0.3, -0.25) is 14.9 Å². The zero-order chi connectivity index (χ0) is 24.1. The summed E-state index contributed by atoms with van der Waals surface area (Å²) >= 11 is 11.9. The summed E-state index contributed by atoms with van der Waals surface area (Å²) in [5, 5.41) is 6.54. The van der Waals surface area contributed by atoms with Gasteiger partial charge in [0.15, 0.2) is 5.11 Å². The Morgan fingerprint density at radius 3 is 2.24 bits per heavy atom. The Morgan fingerprint density at radius 2 is 1.67 bits per heavy atom. The lowest BCUT2D eigenvalue weighted by Gasteiger charge is -2.37. The number of nitrogens with one attached hydrogen (secondary N) is 2. The largest absolute Gasteiger partial charge is 0.367 e. The highest BCUT2D eigenvalue weighted by Crippen LogP contribution is 2.30. The number of rotatable bonds is 5. The van der Waals surface area contributed by atoms with E-state index < -0.39 is 0 Å². The van der Waals surface area contributed by atoms with Gasteiger partial charge in [0.2, 0.25) is 5.91 Å². The average molecular weight is 487 g/mol. The van der Waals surface area contributed by atoms with Gasteiger partial charge in [0.25, 0.3) is 5.91 Å². The molecule has 0 bridgehead atoms. The monoisotopic (exact) mass is 486 g/mol. The van der Waals surface area contributed by atoms with Crippen LogP contribution in [0.2, 0.25) is 5.02 Å². The minimum Gasteiger partial charge on any atom is -0.367 e. The van der Waals surface area contributed by atoms with Crippen LogP contribution < -0.4 is 15.5 Å². The van der Waals surface area contributed by atoms with Crippen molar-refractivity contribution in [2.24, 2.45) is 5.92 Å². The number of halogens is 1. The number of hydrogen-bond donors (Lipinski definition) is 2. The highest BCUT2D eigenvalue weighted by molar-refractivity contribution is 7.80. The van der Waals surface area contributed by atoms with Crippen molar-refractivity contribution in [2.45, 2.75) is 34.1 Å². The molecule has 6 nitrogen and oxygen atoms in total. The summed E-state index contributed by atoms with van der Waals surface area (Å²) in [6.07, 6.45) is 0.584. The lowest BCUT2D eigenvalue weighted by molar-refractivity contribution is -0.132. The van der Waals surface area contributed by atoms with Gasteiger partial charge in [0, 0.05) is 43.9 Å². The van der Waals surface area contributed by atoms with E-state index in [1.807, 2.05) is 49.1 Å². The summed E-state index contributed by atoms with van der Waals surface area (Å²) in [7, 11) is 0. The molecule has 1 aliphatic heterocycles. The van der Waals surface area contributed by atoms with E-state index in [9.17, 15) is 9.59 Å². The second-order valence-corrected chi connectivity index (χ2v) is 9.73. The van der Waals surface area contributed by atoms with Gasteiger partial charge in [0.05, 0.1) is 10.7 Å². The molecular weight excluding hydrogens is 456 g/mol. The topological polar surface area (TPSA) is 64.7 Å². The summed E-state index contributed by atoms with van der Waals surface area (Å²) in [6, 6.07) is 11.3. The van der Waals surface area contributed by atoms with Crippen molar-refractivity contribution in [1.82, 2.24) is 10.2 Å². The summed E-state index contributed by atoms with van der Waals surface area (Å²) in [6.45, 7) is 10.9. The number of carbonyl (C=O) groups excluding carboxylic acids is 2. The Bertz CT molecular complexity index is 1030. The lowest BCUT2D eigenvalue weighted by atomic mass is 10.1. The first-order chi connectivity index (χ1) is 15.6. The van der Waals surface area contributed by atoms with E-state index >= 15 is 0 Å². The first kappa shape index (κ1) is 25.0. The quantitative estimate of drug-likeness (QED) is 0.595. The van der Waals surface area contributed by atoms with Crippen LogP contribution in [-0.4, -0.2) is 48.0 Å². The molecule has 2 amide bonds. The predicted octanol–water partition coefficient (Wildman–Crippen LogP) is 4.78. The molecule has 0 aromatic heterocycles. The molecule has 0 unspecified atom stereocenters. The summed E-state index contributed by atoms with van der Waals surface area (Å²) in [5.74, 6) is 0.320. The molecule has 1 aliphatic rings. The number of aryl methyl sites for hydroxylation is 2. The molecule has 2 N–H and O–H groups in total. The van der Waals surface area contributed by atoms with Crippen LogP contribution in [-0.2, 0) is 4.79 Å². The average Bonchev–Trinajstić information content (AvgIpc) is 2.72. The maximum absolute atomic E-state index is 12.5. The molecule has 1 fully saturated rings. The summed E-state index contributed by atoms with van der Waals surface area (Å²) in [5.41, 5.74) is 4.22. The molecule has 0 aliphatic carbocycles. The SMILES string of the molecule is Cc1cc(C)cc(C(=O)NC(=S)Nc2ccc(N3CCN(C(=O)CC(C)C)CC3)c(Cl)c2)c1. The van der Waals surface area contributed by atoms with Crippen molar-refractivity contribution in [1.29, 1.82) is 0 Å². The highest BCUT2D eigenvalue weighted by Gasteiger charge is 2.23. The second kappa shape index (κ2) is 11.0. The zero-order valence-corrected chi connectivity index (χ0v) is 21.1. The third-order valence-electron chi connectivity index (χ3n) is 5.47. The maximum Gasteiger partial charge on any atom is 0.257 e. The van der Waals surface area contributed by atoms with Crippen LogP contribution in [0.5, 0.6) is 0 Å². The third kappa shape index (κ3) is 6.92. The zero-order valence-electron chi connectivity index (χ0n) is 19.6. The van der Waals surface area contributed by atoms with Crippen molar-refractivity contribution >= 4 is 52.1 Å². The molecule has 33 heavy (non-hydrogen) atoms. The number of piperazine rings is 1. The van der Waals surface area contributed by atoms with Crippen molar-refractivity contribution in [3.05, 3.63) is 58.1 Å². The Balaban J connectivity index is 1.56. The molecule has 0 spiro atoms. The molecule has 0 atom stereocenters. The number of thiocarbonyl (C=S) groups is 1. The molecule has 8 heteroatoms. The van der Waals surface area contributed by atoms with Crippen LogP contribution in [0.25, 0.3) is 0 Å². The molecule has 2 aromatic carbocycles. The van der Waals surface area contributed by atoms with Crippen LogP contribution in [0.1, 0.15) is 41.8 Å². The van der Waals surface area contributed by atoms with E-state index in [-0.39, 0.29) is 16.9 Å². The van der Waals surface area contributed by atoms with E-state index in [4.69, 9.17) is 23.8 Å². The standard InChI is InChI=1S/C25H31ClN4O2S/c1-16(2)11-23(31)30-9-7-29(8-10-30)22-6-5-20(15-21(22)26)27-25(33)28-24(32)19-13-17(3)12-18(4)14-19/h5-6,12-16H,7-11H2,1-4H3,(H2,27,28,32,33). The fourth-order valence-electron chi connectivity index (χ4n) is 3.96. The Kier molecular flexibility index (Phi) is 8.32. The highest BCUT2D eigenvalue weighted by atomic mass is 35.5. The number of amides is 2. The fraction of sp³-hybridized carbons (Fsp3) is 0.400. The first-order valence-corrected chi connectivity index (χ1v) is 11.9. The molecule has 176 valence electrons. The van der Waals surface area contributed by atoms with Crippen molar-refractivity contribution in [3.8, 4) is 0 Å². The normalized spacial score (nSPS) is 13.8. The molecule has 1 heterocycles. The first-order valence-electron chi connectivity index (χ1n) is 11.2. The van der Waals surface area contributed by atoms with Crippen molar-refractivity contribution in [3.63, 3.8) is 0 Å². The van der Waals surface area contributed by atoms with Gasteiger partial charge in [-0.05, 0) is 62.3 Å². The van der Waals surface area contributed by atoms with E-state index in [1.54, 1.807) is 6.07 Å². The number of hydrogen-bond acceptors (Lipinski definition) is 4. The predicted molar refractivity (Wildman–Crippen MR) is 139 cm³/mol. The van der Waals surface area contributed by atoms with Gasteiger partial charge < -0.3 is 15.1 Å². The van der Waals surface area contributed by atoms with E-state index in [1.165, 1.54) is 0 Å². The summed E-state index contributed by atoms with van der Waals surface area (Å²) in [4.78, 5) is 28.9. The van der Waals surface area contributed by atoms with Gasteiger partial charge in [-0.15, -0.1) is 0 Å². The van der Waals surface area contributed by atoms with E-state index in [0.29, 0.717) is 41.7 Å². The van der Waals surface area contributed by atoms with Gasteiger partial charge in [-0.1, -0.05) is 42.6 Å². The molecule has 0 radical (unpaired) electrons. The number of nitrogens with zero attached hydrogens (tertiary/aromatic N) is 2. The minimum atomic E-state index is -0.257. The minimum absolute atomic E-state index is 0.209. The number of anilines is 2.